The minimum atomic E-state index is -0.733. The highest BCUT2D eigenvalue weighted by Gasteiger charge is 2.22. The summed E-state index contributed by atoms with van der Waals surface area (Å²) in [6.07, 6.45) is 1.85. The van der Waals surface area contributed by atoms with E-state index in [4.69, 9.17) is 10.8 Å². The summed E-state index contributed by atoms with van der Waals surface area (Å²) >= 11 is 0. The monoisotopic (exact) mass is 289 g/mol. The Hall–Kier alpha value is -2.39. The van der Waals surface area contributed by atoms with Crippen molar-refractivity contribution >= 4 is 11.8 Å². The Morgan fingerprint density at radius 2 is 2.14 bits per heavy atom. The minimum Gasteiger partial charge on any atom is -0.395 e. The van der Waals surface area contributed by atoms with Gasteiger partial charge < -0.3 is 16.2 Å². The lowest BCUT2D eigenvalue weighted by Crippen LogP contribution is -2.47. The summed E-state index contributed by atoms with van der Waals surface area (Å²) in [6, 6.07) is 2.45. The van der Waals surface area contributed by atoms with Gasteiger partial charge in [-0.25, -0.2) is 4.98 Å². The van der Waals surface area contributed by atoms with Crippen molar-refractivity contribution in [3.05, 3.63) is 29.6 Å². The van der Waals surface area contributed by atoms with Crippen LogP contribution in [0.3, 0.4) is 0 Å². The van der Waals surface area contributed by atoms with E-state index < -0.39 is 17.9 Å². The predicted octanol–water partition coefficient (Wildman–Crippen LogP) is 0.0552. The molecule has 112 valence electrons. The Morgan fingerprint density at radius 1 is 1.43 bits per heavy atom. The lowest BCUT2D eigenvalue weighted by atomic mass is 10.0. The molecule has 6 heteroatoms. The number of carbonyl (C=O) groups is 2. The van der Waals surface area contributed by atoms with Gasteiger partial charge in [0.25, 0.3) is 5.91 Å². The smallest absolute Gasteiger partial charge is 0.270 e. The summed E-state index contributed by atoms with van der Waals surface area (Å²) in [5, 5.41) is 11.2. The SMILES string of the molecule is CC(C)C(NC(=O)c1ccc(C#CCCO)cn1)C(N)=O. The molecule has 1 unspecified atom stereocenters. The minimum absolute atomic E-state index is 0.00459. The van der Waals surface area contributed by atoms with Crippen LogP contribution < -0.4 is 11.1 Å². The van der Waals surface area contributed by atoms with Crippen LogP contribution in [0.4, 0.5) is 0 Å². The van der Waals surface area contributed by atoms with Crippen molar-refractivity contribution in [1.29, 1.82) is 0 Å². The molecule has 0 aliphatic heterocycles. The number of rotatable bonds is 5. The van der Waals surface area contributed by atoms with Gasteiger partial charge >= 0.3 is 0 Å². The molecule has 4 N–H and O–H groups in total. The van der Waals surface area contributed by atoms with E-state index in [2.05, 4.69) is 22.1 Å². The van der Waals surface area contributed by atoms with Crippen LogP contribution in [0, 0.1) is 17.8 Å². The molecule has 1 rings (SSSR count). The molecule has 0 radical (unpaired) electrons. The third-order valence-electron chi connectivity index (χ3n) is 2.73. The van der Waals surface area contributed by atoms with E-state index in [-0.39, 0.29) is 18.2 Å². The van der Waals surface area contributed by atoms with Gasteiger partial charge in [-0.15, -0.1) is 0 Å². The number of carbonyl (C=O) groups excluding carboxylic acids is 2. The number of amides is 2. The summed E-state index contributed by atoms with van der Waals surface area (Å²) in [5.74, 6) is 4.43. The van der Waals surface area contributed by atoms with Crippen LogP contribution in [0.5, 0.6) is 0 Å². The molecular formula is C15H19N3O3. The molecule has 1 aromatic rings. The second kappa shape index (κ2) is 8.02. The Labute approximate surface area is 123 Å². The number of nitrogens with zero attached hydrogens (tertiary/aromatic N) is 1. The maximum Gasteiger partial charge on any atom is 0.270 e. The molecule has 0 saturated carbocycles. The van der Waals surface area contributed by atoms with E-state index >= 15 is 0 Å². The van der Waals surface area contributed by atoms with Gasteiger partial charge in [-0.2, -0.15) is 0 Å². The van der Waals surface area contributed by atoms with E-state index in [1.54, 1.807) is 19.9 Å². The fraction of sp³-hybridized carbons (Fsp3) is 0.400. The standard InChI is InChI=1S/C15H19N3O3/c1-10(2)13(14(16)20)18-15(21)12-7-6-11(9-17-12)5-3-4-8-19/h6-7,9-10,13,19H,4,8H2,1-2H3,(H2,16,20)(H,18,21). The number of nitrogens with one attached hydrogen (secondary N) is 1. The number of aliphatic hydroxyl groups excluding tert-OH is 1. The van der Waals surface area contributed by atoms with Gasteiger partial charge in [-0.3, -0.25) is 9.59 Å². The number of hydrogen-bond acceptors (Lipinski definition) is 4. The maximum atomic E-state index is 12.0. The van der Waals surface area contributed by atoms with Crippen LogP contribution in [-0.4, -0.2) is 34.6 Å². The zero-order valence-corrected chi connectivity index (χ0v) is 12.1. The molecule has 1 heterocycles. The summed E-state index contributed by atoms with van der Waals surface area (Å²) in [6.45, 7) is 3.59. The molecule has 0 bridgehead atoms. The fourth-order valence-corrected chi connectivity index (χ4v) is 1.60. The zero-order chi connectivity index (χ0) is 15.8. The first-order valence-electron chi connectivity index (χ1n) is 6.61. The van der Waals surface area contributed by atoms with Crippen molar-refractivity contribution in [2.24, 2.45) is 11.7 Å². The van der Waals surface area contributed by atoms with Crippen LogP contribution in [-0.2, 0) is 4.79 Å². The molecule has 0 aromatic carbocycles. The molecule has 0 fully saturated rings. The highest BCUT2D eigenvalue weighted by atomic mass is 16.2. The zero-order valence-electron chi connectivity index (χ0n) is 12.1. The lowest BCUT2D eigenvalue weighted by Gasteiger charge is -2.18. The molecule has 1 aromatic heterocycles. The van der Waals surface area contributed by atoms with E-state index in [1.807, 2.05) is 0 Å². The molecule has 6 nitrogen and oxygen atoms in total. The van der Waals surface area contributed by atoms with Gasteiger partial charge in [-0.05, 0) is 18.1 Å². The number of nitrogens with two attached hydrogens (primary N) is 1. The third-order valence-corrected chi connectivity index (χ3v) is 2.73. The molecule has 0 spiro atoms. The van der Waals surface area contributed by atoms with Gasteiger partial charge in [0.2, 0.25) is 5.91 Å². The van der Waals surface area contributed by atoms with Crippen molar-refractivity contribution in [2.45, 2.75) is 26.3 Å². The Kier molecular flexibility index (Phi) is 6.37. The van der Waals surface area contributed by atoms with Crippen molar-refractivity contribution < 1.29 is 14.7 Å². The number of primary amides is 1. The van der Waals surface area contributed by atoms with Crippen LogP contribution >= 0.6 is 0 Å². The molecule has 1 atom stereocenters. The first-order valence-corrected chi connectivity index (χ1v) is 6.61. The highest BCUT2D eigenvalue weighted by molar-refractivity contribution is 5.95. The quantitative estimate of drug-likeness (QED) is 0.666. The molecule has 2 amide bonds. The second-order valence-electron chi connectivity index (χ2n) is 4.81. The topological polar surface area (TPSA) is 105 Å². The normalized spacial score (nSPS) is 11.4. The van der Waals surface area contributed by atoms with Gasteiger partial charge in [-0.1, -0.05) is 25.7 Å². The first kappa shape index (κ1) is 16.7. The van der Waals surface area contributed by atoms with Crippen LogP contribution in [0.1, 0.15) is 36.3 Å². The van der Waals surface area contributed by atoms with Crippen LogP contribution in [0.15, 0.2) is 18.3 Å². The summed E-state index contributed by atoms with van der Waals surface area (Å²) in [5.41, 5.74) is 6.08. The predicted molar refractivity (Wildman–Crippen MR) is 78.1 cm³/mol. The Balaban J connectivity index is 2.76. The fourth-order valence-electron chi connectivity index (χ4n) is 1.60. The lowest BCUT2D eigenvalue weighted by molar-refractivity contribution is -0.120. The van der Waals surface area contributed by atoms with Gasteiger partial charge in [0, 0.05) is 18.2 Å². The third kappa shape index (κ3) is 5.24. The Bertz CT molecular complexity index is 556. The maximum absolute atomic E-state index is 12.0. The van der Waals surface area contributed by atoms with Gasteiger partial charge in [0.05, 0.1) is 6.61 Å². The van der Waals surface area contributed by atoms with E-state index in [1.165, 1.54) is 12.3 Å². The van der Waals surface area contributed by atoms with E-state index in [0.717, 1.165) is 0 Å². The Morgan fingerprint density at radius 3 is 2.62 bits per heavy atom. The molecular weight excluding hydrogens is 270 g/mol. The van der Waals surface area contributed by atoms with Crippen molar-refractivity contribution in [3.63, 3.8) is 0 Å². The average molecular weight is 289 g/mol. The van der Waals surface area contributed by atoms with Crippen molar-refractivity contribution in [2.75, 3.05) is 6.61 Å². The average Bonchev–Trinajstić information content (AvgIpc) is 2.44. The number of aromatic nitrogens is 1. The van der Waals surface area contributed by atoms with E-state index in [9.17, 15) is 9.59 Å². The van der Waals surface area contributed by atoms with Crippen LogP contribution in [0.25, 0.3) is 0 Å². The summed E-state index contributed by atoms with van der Waals surface area (Å²) < 4.78 is 0. The molecule has 0 aliphatic carbocycles. The molecule has 0 saturated heterocycles. The first-order chi connectivity index (χ1) is 9.95. The van der Waals surface area contributed by atoms with Crippen molar-refractivity contribution in [1.82, 2.24) is 10.3 Å². The van der Waals surface area contributed by atoms with Gasteiger partial charge in [0.15, 0.2) is 0 Å². The largest absolute Gasteiger partial charge is 0.395 e. The number of hydrogen-bond donors (Lipinski definition) is 3. The number of pyridine rings is 1. The number of aliphatic hydroxyl groups is 1. The van der Waals surface area contributed by atoms with Gasteiger partial charge in [0.1, 0.15) is 11.7 Å². The van der Waals surface area contributed by atoms with Crippen molar-refractivity contribution in [3.8, 4) is 11.8 Å². The van der Waals surface area contributed by atoms with Crippen LogP contribution in [0.2, 0.25) is 0 Å². The molecule has 21 heavy (non-hydrogen) atoms. The second-order valence-corrected chi connectivity index (χ2v) is 4.81. The summed E-state index contributed by atoms with van der Waals surface area (Å²) in [4.78, 5) is 27.2. The van der Waals surface area contributed by atoms with E-state index in [0.29, 0.717) is 12.0 Å². The highest BCUT2D eigenvalue weighted by Crippen LogP contribution is 2.04. The summed E-state index contributed by atoms with van der Waals surface area (Å²) in [7, 11) is 0. The molecule has 0 aliphatic rings.